The van der Waals surface area contributed by atoms with Gasteiger partial charge in [-0.1, -0.05) is 0 Å². The van der Waals surface area contributed by atoms with E-state index in [1.165, 1.54) is 12.3 Å². The Morgan fingerprint density at radius 3 is 2.76 bits per heavy atom. The van der Waals surface area contributed by atoms with Gasteiger partial charge in [-0.05, 0) is 26.2 Å². The highest BCUT2D eigenvalue weighted by Crippen LogP contribution is 2.18. The van der Waals surface area contributed by atoms with Gasteiger partial charge >= 0.3 is 0 Å². The molecule has 0 amide bonds. The van der Waals surface area contributed by atoms with Crippen molar-refractivity contribution < 1.29 is 8.78 Å². The molecule has 0 atom stereocenters. The maximum Gasteiger partial charge on any atom is 0.249 e. The fourth-order valence-corrected chi connectivity index (χ4v) is 1.56. The number of hydrogen-bond acceptors (Lipinski definition) is 6. The molecule has 0 radical (unpaired) electrons. The largest absolute Gasteiger partial charge is 0.367 e. The van der Waals surface area contributed by atoms with E-state index in [9.17, 15) is 8.78 Å². The average molecular weight is 294 g/mol. The van der Waals surface area contributed by atoms with Gasteiger partial charge in [-0.15, -0.1) is 5.10 Å². The first kappa shape index (κ1) is 15.0. The number of halogens is 2. The molecule has 2 N–H and O–H groups in total. The molecule has 8 heteroatoms. The molecular weight excluding hydrogens is 278 g/mol. The smallest absolute Gasteiger partial charge is 0.249 e. The number of benzene rings is 1. The van der Waals surface area contributed by atoms with Crippen molar-refractivity contribution in [2.24, 2.45) is 0 Å². The van der Waals surface area contributed by atoms with Crippen LogP contribution in [0.3, 0.4) is 0 Å². The van der Waals surface area contributed by atoms with E-state index in [1.807, 2.05) is 19.0 Å². The van der Waals surface area contributed by atoms with E-state index in [1.54, 1.807) is 0 Å². The predicted octanol–water partition coefficient (Wildman–Crippen LogP) is 1.87. The number of hydrogen-bond donors (Lipinski definition) is 2. The van der Waals surface area contributed by atoms with Crippen molar-refractivity contribution in [3.63, 3.8) is 0 Å². The topological polar surface area (TPSA) is 66.0 Å². The minimum atomic E-state index is -0.718. The summed E-state index contributed by atoms with van der Waals surface area (Å²) in [6, 6.07) is 3.22. The molecule has 0 aliphatic rings. The van der Waals surface area contributed by atoms with Crippen LogP contribution in [0.15, 0.2) is 24.4 Å². The first-order valence-corrected chi connectivity index (χ1v) is 6.35. The molecule has 2 aromatic rings. The van der Waals surface area contributed by atoms with Crippen LogP contribution >= 0.6 is 0 Å². The number of aromatic nitrogens is 3. The van der Waals surface area contributed by atoms with Crippen LogP contribution in [0.25, 0.3) is 0 Å². The van der Waals surface area contributed by atoms with Gasteiger partial charge in [0.25, 0.3) is 0 Å². The van der Waals surface area contributed by atoms with Gasteiger partial charge in [-0.2, -0.15) is 10.1 Å². The van der Waals surface area contributed by atoms with Gasteiger partial charge in [0.15, 0.2) is 5.82 Å². The van der Waals surface area contributed by atoms with Crippen molar-refractivity contribution in [3.05, 3.63) is 36.0 Å². The second-order valence-corrected chi connectivity index (χ2v) is 4.64. The van der Waals surface area contributed by atoms with E-state index in [2.05, 4.69) is 25.8 Å². The Hall–Kier alpha value is -2.35. The molecule has 0 bridgehead atoms. The van der Waals surface area contributed by atoms with Gasteiger partial charge in [0.1, 0.15) is 11.6 Å². The van der Waals surface area contributed by atoms with Crippen LogP contribution in [-0.2, 0) is 0 Å². The van der Waals surface area contributed by atoms with E-state index in [-0.39, 0.29) is 11.6 Å². The first-order chi connectivity index (χ1) is 10.0. The van der Waals surface area contributed by atoms with Crippen LogP contribution in [0, 0.1) is 11.6 Å². The highest BCUT2D eigenvalue weighted by molar-refractivity contribution is 5.54. The van der Waals surface area contributed by atoms with Crippen molar-refractivity contribution >= 4 is 17.5 Å². The molecule has 21 heavy (non-hydrogen) atoms. The number of nitrogens with one attached hydrogen (secondary N) is 2. The Labute approximate surface area is 121 Å². The Morgan fingerprint density at radius 2 is 2.05 bits per heavy atom. The maximum absolute atomic E-state index is 13.5. The predicted molar refractivity (Wildman–Crippen MR) is 76.5 cm³/mol. The highest BCUT2D eigenvalue weighted by atomic mass is 19.1. The Bertz CT molecular complexity index is 605. The van der Waals surface area contributed by atoms with E-state index in [0.29, 0.717) is 12.4 Å². The molecule has 1 heterocycles. The summed E-state index contributed by atoms with van der Waals surface area (Å²) in [6.45, 7) is 1.52. The van der Waals surface area contributed by atoms with Crippen molar-refractivity contribution in [2.45, 2.75) is 0 Å². The zero-order chi connectivity index (χ0) is 15.2. The summed E-state index contributed by atoms with van der Waals surface area (Å²) < 4.78 is 26.4. The van der Waals surface area contributed by atoms with Gasteiger partial charge in [-0.25, -0.2) is 8.78 Å². The van der Waals surface area contributed by atoms with E-state index < -0.39 is 11.6 Å². The molecule has 0 saturated heterocycles. The minimum absolute atomic E-state index is 0.0867. The molecule has 0 saturated carbocycles. The summed E-state index contributed by atoms with van der Waals surface area (Å²) in [7, 11) is 3.93. The molecule has 2 rings (SSSR count). The van der Waals surface area contributed by atoms with Crippen LogP contribution in [0.4, 0.5) is 26.2 Å². The molecule has 0 aliphatic heterocycles. The molecule has 1 aromatic heterocycles. The highest BCUT2D eigenvalue weighted by Gasteiger charge is 2.06. The lowest BCUT2D eigenvalue weighted by Crippen LogP contribution is -2.21. The summed E-state index contributed by atoms with van der Waals surface area (Å²) in [6.07, 6.45) is 1.47. The van der Waals surface area contributed by atoms with Gasteiger partial charge in [0, 0.05) is 19.2 Å². The lowest BCUT2D eigenvalue weighted by atomic mass is 10.3. The second-order valence-electron chi connectivity index (χ2n) is 4.64. The first-order valence-electron chi connectivity index (χ1n) is 6.35. The van der Waals surface area contributed by atoms with Gasteiger partial charge < -0.3 is 15.5 Å². The number of nitrogens with zero attached hydrogens (tertiary/aromatic N) is 4. The van der Waals surface area contributed by atoms with Crippen LogP contribution in [0.2, 0.25) is 0 Å². The number of rotatable bonds is 6. The Kier molecular flexibility index (Phi) is 4.94. The SMILES string of the molecule is CN(C)CCNc1cnnc(Nc2ccc(F)cc2F)n1. The summed E-state index contributed by atoms with van der Waals surface area (Å²) in [5, 5.41) is 13.3. The quantitative estimate of drug-likeness (QED) is 0.848. The minimum Gasteiger partial charge on any atom is -0.367 e. The summed E-state index contributed by atoms with van der Waals surface area (Å²) in [5.41, 5.74) is 0.0867. The fourth-order valence-electron chi connectivity index (χ4n) is 1.56. The number of anilines is 3. The van der Waals surface area contributed by atoms with Gasteiger partial charge in [-0.3, -0.25) is 0 Å². The van der Waals surface area contributed by atoms with Crippen molar-refractivity contribution in [2.75, 3.05) is 37.8 Å². The third kappa shape index (κ3) is 4.60. The Morgan fingerprint density at radius 1 is 1.24 bits per heavy atom. The lowest BCUT2D eigenvalue weighted by molar-refractivity contribution is 0.425. The Balaban J connectivity index is 2.03. The van der Waals surface area contributed by atoms with Crippen LogP contribution in [0.5, 0.6) is 0 Å². The monoisotopic (exact) mass is 294 g/mol. The maximum atomic E-state index is 13.5. The molecule has 0 unspecified atom stereocenters. The van der Waals surface area contributed by atoms with Crippen LogP contribution < -0.4 is 10.6 Å². The van der Waals surface area contributed by atoms with E-state index in [0.717, 1.165) is 18.7 Å². The van der Waals surface area contributed by atoms with Crippen molar-refractivity contribution in [1.29, 1.82) is 0 Å². The van der Waals surface area contributed by atoms with Crippen molar-refractivity contribution in [1.82, 2.24) is 20.1 Å². The molecule has 0 spiro atoms. The van der Waals surface area contributed by atoms with Gasteiger partial charge in [0.2, 0.25) is 5.95 Å². The normalized spacial score (nSPS) is 10.7. The van der Waals surface area contributed by atoms with Crippen LogP contribution in [0.1, 0.15) is 0 Å². The second kappa shape index (κ2) is 6.89. The summed E-state index contributed by atoms with van der Waals surface area (Å²) in [4.78, 5) is 6.18. The third-order valence-electron chi connectivity index (χ3n) is 2.60. The molecule has 0 fully saturated rings. The van der Waals surface area contributed by atoms with Crippen LogP contribution in [-0.4, -0.2) is 47.3 Å². The molecule has 6 nitrogen and oxygen atoms in total. The van der Waals surface area contributed by atoms with Crippen molar-refractivity contribution in [3.8, 4) is 0 Å². The molecule has 0 aliphatic carbocycles. The fraction of sp³-hybridized carbons (Fsp3) is 0.308. The third-order valence-corrected chi connectivity index (χ3v) is 2.60. The van der Waals surface area contributed by atoms with E-state index >= 15 is 0 Å². The molecule has 112 valence electrons. The summed E-state index contributed by atoms with van der Waals surface area (Å²) in [5.74, 6) is -0.701. The zero-order valence-corrected chi connectivity index (χ0v) is 11.8. The zero-order valence-electron chi connectivity index (χ0n) is 11.8. The van der Waals surface area contributed by atoms with E-state index in [4.69, 9.17) is 0 Å². The number of likely N-dealkylation sites (N-methyl/N-ethyl adjacent to an activating group) is 1. The molecular formula is C13H16F2N6. The van der Waals surface area contributed by atoms with Gasteiger partial charge in [0.05, 0.1) is 11.9 Å². The standard InChI is InChI=1S/C13H16F2N6/c1-21(2)6-5-16-12-8-17-20-13(19-12)18-11-4-3-9(14)7-10(11)15/h3-4,7-8H,5-6H2,1-2H3,(H2,16,18,19,20). The summed E-state index contributed by atoms with van der Waals surface area (Å²) >= 11 is 0. The average Bonchev–Trinajstić information content (AvgIpc) is 2.42. The molecule has 1 aromatic carbocycles. The lowest BCUT2D eigenvalue weighted by Gasteiger charge is -2.11.